The van der Waals surface area contributed by atoms with Crippen molar-refractivity contribution in [3.05, 3.63) is 59.9 Å². The minimum Gasteiger partial charge on any atom is -0.366 e. The number of pyridine rings is 1. The van der Waals surface area contributed by atoms with Crippen LogP contribution in [0.4, 0.5) is 5.69 Å². The maximum Gasteiger partial charge on any atom is 0.255 e. The van der Waals surface area contributed by atoms with Crippen molar-refractivity contribution in [2.24, 2.45) is 5.73 Å². The Morgan fingerprint density at radius 3 is 2.28 bits per heavy atom. The fraction of sp³-hybridized carbons (Fsp3) is 0. The summed E-state index contributed by atoms with van der Waals surface area (Å²) in [5.74, 6) is -0.784. The molecule has 0 spiro atoms. The molecule has 0 atom stereocenters. The zero-order valence-corrected chi connectivity index (χ0v) is 9.46. The van der Waals surface area contributed by atoms with Crippen LogP contribution in [0.25, 0.3) is 0 Å². The maximum atomic E-state index is 11.8. The summed E-state index contributed by atoms with van der Waals surface area (Å²) in [6.45, 7) is 0. The third kappa shape index (κ3) is 2.70. The second-order valence-electron chi connectivity index (χ2n) is 3.64. The standard InChI is InChI=1S/C13H11N3O2/c14-12(17)9-3-5-10(6-4-9)13(18)16-11-2-1-7-15-8-11/h1-8H,(H2,14,17)(H,16,18). The molecule has 0 saturated heterocycles. The zero-order valence-electron chi connectivity index (χ0n) is 9.46. The molecule has 2 aromatic rings. The average molecular weight is 241 g/mol. The Balaban J connectivity index is 2.12. The Kier molecular flexibility index (Phi) is 3.33. The van der Waals surface area contributed by atoms with Crippen LogP contribution in [0.5, 0.6) is 0 Å². The van der Waals surface area contributed by atoms with Crippen molar-refractivity contribution in [3.8, 4) is 0 Å². The van der Waals surface area contributed by atoms with Gasteiger partial charge in [0.15, 0.2) is 0 Å². The van der Waals surface area contributed by atoms with Gasteiger partial charge in [0, 0.05) is 17.3 Å². The molecule has 3 N–H and O–H groups in total. The summed E-state index contributed by atoms with van der Waals surface area (Å²) in [6.07, 6.45) is 3.17. The van der Waals surface area contributed by atoms with E-state index < -0.39 is 5.91 Å². The highest BCUT2D eigenvalue weighted by Gasteiger charge is 2.07. The lowest BCUT2D eigenvalue weighted by Crippen LogP contribution is -2.14. The number of nitrogens with two attached hydrogens (primary N) is 1. The van der Waals surface area contributed by atoms with Crippen LogP contribution < -0.4 is 11.1 Å². The van der Waals surface area contributed by atoms with E-state index >= 15 is 0 Å². The highest BCUT2D eigenvalue weighted by atomic mass is 16.2. The molecule has 1 heterocycles. The number of nitrogens with one attached hydrogen (secondary N) is 1. The van der Waals surface area contributed by atoms with Crippen LogP contribution in [-0.4, -0.2) is 16.8 Å². The van der Waals surface area contributed by atoms with Crippen molar-refractivity contribution in [2.45, 2.75) is 0 Å². The van der Waals surface area contributed by atoms with Gasteiger partial charge < -0.3 is 11.1 Å². The summed E-state index contributed by atoms with van der Waals surface area (Å²) >= 11 is 0. The number of hydrogen-bond donors (Lipinski definition) is 2. The van der Waals surface area contributed by atoms with Crippen molar-refractivity contribution < 1.29 is 9.59 Å². The first kappa shape index (κ1) is 11.8. The maximum absolute atomic E-state index is 11.8. The molecule has 0 aliphatic heterocycles. The van der Waals surface area contributed by atoms with Gasteiger partial charge in [-0.05, 0) is 36.4 Å². The van der Waals surface area contributed by atoms with Crippen molar-refractivity contribution >= 4 is 17.5 Å². The summed E-state index contributed by atoms with van der Waals surface area (Å²) in [4.78, 5) is 26.6. The predicted molar refractivity (Wildman–Crippen MR) is 67.2 cm³/mol. The highest BCUT2D eigenvalue weighted by Crippen LogP contribution is 2.08. The molecule has 90 valence electrons. The van der Waals surface area contributed by atoms with Crippen LogP contribution >= 0.6 is 0 Å². The van der Waals surface area contributed by atoms with Gasteiger partial charge in [0.1, 0.15) is 0 Å². The number of carbonyl (C=O) groups is 2. The lowest BCUT2D eigenvalue weighted by atomic mass is 10.1. The number of primary amides is 1. The molecule has 0 aliphatic rings. The van der Waals surface area contributed by atoms with Crippen LogP contribution in [0.1, 0.15) is 20.7 Å². The van der Waals surface area contributed by atoms with Crippen LogP contribution in [0.3, 0.4) is 0 Å². The van der Waals surface area contributed by atoms with Crippen LogP contribution in [-0.2, 0) is 0 Å². The van der Waals surface area contributed by atoms with Gasteiger partial charge in [0.2, 0.25) is 5.91 Å². The number of aromatic nitrogens is 1. The summed E-state index contributed by atoms with van der Waals surface area (Å²) in [7, 11) is 0. The molecule has 0 saturated carbocycles. The first-order chi connectivity index (χ1) is 8.66. The minimum absolute atomic E-state index is 0.265. The number of carbonyl (C=O) groups excluding carboxylic acids is 2. The topological polar surface area (TPSA) is 85.1 Å². The SMILES string of the molecule is NC(=O)c1ccc(C(=O)Nc2cccnc2)cc1. The summed E-state index contributed by atoms with van der Waals surface area (Å²) < 4.78 is 0. The van der Waals surface area contributed by atoms with E-state index in [0.717, 1.165) is 0 Å². The number of rotatable bonds is 3. The van der Waals surface area contributed by atoms with E-state index in [4.69, 9.17) is 5.73 Å². The third-order valence-electron chi connectivity index (χ3n) is 2.35. The van der Waals surface area contributed by atoms with Gasteiger partial charge in [0.25, 0.3) is 5.91 Å². The molecular formula is C13H11N3O2. The van der Waals surface area contributed by atoms with E-state index in [0.29, 0.717) is 16.8 Å². The fourth-order valence-electron chi connectivity index (χ4n) is 1.43. The Morgan fingerprint density at radius 1 is 1.06 bits per heavy atom. The highest BCUT2D eigenvalue weighted by molar-refractivity contribution is 6.04. The van der Waals surface area contributed by atoms with Gasteiger partial charge >= 0.3 is 0 Å². The molecule has 1 aromatic heterocycles. The zero-order chi connectivity index (χ0) is 13.0. The molecule has 18 heavy (non-hydrogen) atoms. The minimum atomic E-state index is -0.519. The van der Waals surface area contributed by atoms with Gasteiger partial charge in [-0.1, -0.05) is 0 Å². The molecule has 2 rings (SSSR count). The van der Waals surface area contributed by atoms with E-state index in [2.05, 4.69) is 10.3 Å². The number of amides is 2. The summed E-state index contributed by atoms with van der Waals surface area (Å²) in [5.41, 5.74) is 6.54. The van der Waals surface area contributed by atoms with E-state index in [-0.39, 0.29) is 5.91 Å². The molecule has 2 amide bonds. The van der Waals surface area contributed by atoms with E-state index in [9.17, 15) is 9.59 Å². The smallest absolute Gasteiger partial charge is 0.255 e. The molecule has 0 bridgehead atoms. The first-order valence-electron chi connectivity index (χ1n) is 5.28. The van der Waals surface area contributed by atoms with Gasteiger partial charge in [-0.15, -0.1) is 0 Å². The first-order valence-corrected chi connectivity index (χ1v) is 5.28. The Morgan fingerprint density at radius 2 is 1.72 bits per heavy atom. The lowest BCUT2D eigenvalue weighted by molar-refractivity contribution is 0.0995. The Labute approximate surface area is 104 Å². The van der Waals surface area contributed by atoms with Crippen LogP contribution in [0, 0.1) is 0 Å². The molecule has 1 aromatic carbocycles. The number of hydrogen-bond acceptors (Lipinski definition) is 3. The molecule has 0 radical (unpaired) electrons. The molecular weight excluding hydrogens is 230 g/mol. The van der Waals surface area contributed by atoms with Gasteiger partial charge in [-0.25, -0.2) is 0 Å². The second-order valence-corrected chi connectivity index (χ2v) is 3.64. The molecule has 0 unspecified atom stereocenters. The van der Waals surface area contributed by atoms with Gasteiger partial charge in [0.05, 0.1) is 11.9 Å². The van der Waals surface area contributed by atoms with Crippen molar-refractivity contribution in [2.75, 3.05) is 5.32 Å². The largest absolute Gasteiger partial charge is 0.366 e. The fourth-order valence-corrected chi connectivity index (χ4v) is 1.43. The van der Waals surface area contributed by atoms with Crippen LogP contribution in [0.2, 0.25) is 0 Å². The second kappa shape index (κ2) is 5.09. The molecule has 5 heteroatoms. The monoisotopic (exact) mass is 241 g/mol. The van der Waals surface area contributed by atoms with Crippen molar-refractivity contribution in [3.63, 3.8) is 0 Å². The normalized spacial score (nSPS) is 9.78. The molecule has 0 fully saturated rings. The van der Waals surface area contributed by atoms with E-state index in [1.165, 1.54) is 12.1 Å². The van der Waals surface area contributed by atoms with E-state index in [1.807, 2.05) is 0 Å². The van der Waals surface area contributed by atoms with Gasteiger partial charge in [-0.3, -0.25) is 14.6 Å². The average Bonchev–Trinajstić information content (AvgIpc) is 2.40. The van der Waals surface area contributed by atoms with E-state index in [1.54, 1.807) is 36.7 Å². The lowest BCUT2D eigenvalue weighted by Gasteiger charge is -2.04. The molecule has 0 aliphatic carbocycles. The van der Waals surface area contributed by atoms with Crippen molar-refractivity contribution in [1.82, 2.24) is 4.98 Å². The molecule has 5 nitrogen and oxygen atoms in total. The number of benzene rings is 1. The van der Waals surface area contributed by atoms with Crippen molar-refractivity contribution in [1.29, 1.82) is 0 Å². The van der Waals surface area contributed by atoms with Gasteiger partial charge in [-0.2, -0.15) is 0 Å². The number of nitrogens with zero attached hydrogens (tertiary/aromatic N) is 1. The Bertz CT molecular complexity index is 565. The quantitative estimate of drug-likeness (QED) is 0.852. The Hall–Kier alpha value is -2.69. The third-order valence-corrected chi connectivity index (χ3v) is 2.35. The summed E-state index contributed by atoms with van der Waals surface area (Å²) in [6, 6.07) is 9.59. The van der Waals surface area contributed by atoms with Crippen LogP contribution in [0.15, 0.2) is 48.8 Å². The predicted octanol–water partition coefficient (Wildman–Crippen LogP) is 1.43. The number of anilines is 1. The summed E-state index contributed by atoms with van der Waals surface area (Å²) in [5, 5.41) is 2.69.